The smallest absolute Gasteiger partial charge is 0.238 e. The predicted octanol–water partition coefficient (Wildman–Crippen LogP) is 4.71. The Morgan fingerprint density at radius 1 is 1.18 bits per heavy atom. The van der Waals surface area contributed by atoms with Crippen LogP contribution in [0.4, 0.5) is 14.5 Å². The molecule has 1 atom stereocenters. The second-order valence-electron chi connectivity index (χ2n) is 5.03. The third-order valence-corrected chi connectivity index (χ3v) is 5.15. The number of hydrogen-bond acceptors (Lipinski definition) is 2. The van der Waals surface area contributed by atoms with Crippen LogP contribution in [0.1, 0.15) is 16.5 Å². The summed E-state index contributed by atoms with van der Waals surface area (Å²) >= 11 is 7.50. The molecule has 0 N–H and O–H groups in total. The molecule has 1 aliphatic rings. The summed E-state index contributed by atoms with van der Waals surface area (Å²) in [5.41, 5.74) is 2.11. The number of rotatable bonds is 2. The van der Waals surface area contributed by atoms with Crippen LogP contribution in [0.25, 0.3) is 0 Å². The Kier molecular flexibility index (Phi) is 4.10. The molecule has 1 saturated heterocycles. The highest BCUT2D eigenvalue weighted by Crippen LogP contribution is 2.42. The van der Waals surface area contributed by atoms with Crippen LogP contribution in [-0.2, 0) is 4.79 Å². The molecule has 0 spiro atoms. The molecule has 0 bridgehead atoms. The van der Waals surface area contributed by atoms with Crippen molar-refractivity contribution in [1.82, 2.24) is 0 Å². The van der Waals surface area contributed by atoms with Gasteiger partial charge in [0.25, 0.3) is 0 Å². The highest BCUT2D eigenvalue weighted by molar-refractivity contribution is 8.00. The van der Waals surface area contributed by atoms with Crippen LogP contribution in [-0.4, -0.2) is 11.7 Å². The maximum absolute atomic E-state index is 13.5. The van der Waals surface area contributed by atoms with E-state index in [1.807, 2.05) is 13.0 Å². The molecule has 1 heterocycles. The molecule has 2 aromatic carbocycles. The number of halogens is 3. The zero-order valence-corrected chi connectivity index (χ0v) is 13.2. The Morgan fingerprint density at radius 3 is 2.64 bits per heavy atom. The second kappa shape index (κ2) is 5.89. The molecule has 22 heavy (non-hydrogen) atoms. The van der Waals surface area contributed by atoms with Gasteiger partial charge in [-0.3, -0.25) is 9.69 Å². The van der Waals surface area contributed by atoms with Crippen LogP contribution >= 0.6 is 23.4 Å². The number of aryl methyl sites for hydroxylation is 1. The summed E-state index contributed by atoms with van der Waals surface area (Å²) in [7, 11) is 0. The summed E-state index contributed by atoms with van der Waals surface area (Å²) in [6, 6.07) is 9.06. The number of amides is 1. The summed E-state index contributed by atoms with van der Waals surface area (Å²) in [6.45, 7) is 1.87. The van der Waals surface area contributed by atoms with Gasteiger partial charge in [-0.1, -0.05) is 23.7 Å². The molecule has 0 radical (unpaired) electrons. The molecule has 0 saturated carbocycles. The van der Waals surface area contributed by atoms with Gasteiger partial charge in [0.1, 0.15) is 5.37 Å². The number of carbonyl (C=O) groups is 1. The van der Waals surface area contributed by atoms with Crippen LogP contribution in [0.3, 0.4) is 0 Å². The van der Waals surface area contributed by atoms with Gasteiger partial charge in [0, 0.05) is 10.7 Å². The highest BCUT2D eigenvalue weighted by atomic mass is 35.5. The normalized spacial score (nSPS) is 18.1. The Labute approximate surface area is 136 Å². The number of nitrogens with zero attached hydrogens (tertiary/aromatic N) is 1. The zero-order chi connectivity index (χ0) is 15.9. The lowest BCUT2D eigenvalue weighted by Gasteiger charge is -2.25. The Bertz CT molecular complexity index is 753. The Hall–Kier alpha value is -1.59. The van der Waals surface area contributed by atoms with Crippen molar-refractivity contribution in [2.45, 2.75) is 12.3 Å². The van der Waals surface area contributed by atoms with Gasteiger partial charge in [-0.15, -0.1) is 11.8 Å². The summed E-state index contributed by atoms with van der Waals surface area (Å²) < 4.78 is 26.6. The van der Waals surface area contributed by atoms with Crippen LogP contribution in [0, 0.1) is 18.6 Å². The summed E-state index contributed by atoms with van der Waals surface area (Å²) in [5.74, 6) is -1.61. The summed E-state index contributed by atoms with van der Waals surface area (Å²) in [4.78, 5) is 13.8. The standard InChI is InChI=1S/C16H12ClF2NOS/c1-9-2-4-11(7-12(9)17)20-15(21)8-22-16(20)10-3-5-13(18)14(19)6-10/h2-7,16H,8H2,1H3/t16-/m0/s1. The van der Waals surface area contributed by atoms with E-state index in [1.54, 1.807) is 17.0 Å². The van der Waals surface area contributed by atoms with Gasteiger partial charge in [0.2, 0.25) is 5.91 Å². The van der Waals surface area contributed by atoms with Crippen molar-refractivity contribution >= 4 is 35.0 Å². The molecular weight excluding hydrogens is 328 g/mol. The Balaban J connectivity index is 2.01. The third-order valence-electron chi connectivity index (χ3n) is 3.53. The van der Waals surface area contributed by atoms with Gasteiger partial charge in [0.15, 0.2) is 11.6 Å². The van der Waals surface area contributed by atoms with Gasteiger partial charge in [-0.05, 0) is 42.3 Å². The average molecular weight is 340 g/mol. The molecule has 114 valence electrons. The maximum atomic E-state index is 13.5. The van der Waals surface area contributed by atoms with Crippen LogP contribution in [0.15, 0.2) is 36.4 Å². The van der Waals surface area contributed by atoms with Gasteiger partial charge >= 0.3 is 0 Å². The van der Waals surface area contributed by atoms with Crippen molar-refractivity contribution in [1.29, 1.82) is 0 Å². The van der Waals surface area contributed by atoms with E-state index in [2.05, 4.69) is 0 Å². The first kappa shape index (κ1) is 15.3. The van der Waals surface area contributed by atoms with E-state index in [0.29, 0.717) is 16.3 Å². The molecular formula is C16H12ClF2NOS. The van der Waals surface area contributed by atoms with Gasteiger partial charge in [-0.2, -0.15) is 0 Å². The van der Waals surface area contributed by atoms with Crippen molar-refractivity contribution in [2.24, 2.45) is 0 Å². The molecule has 1 fully saturated rings. The number of anilines is 1. The molecule has 0 aromatic heterocycles. The van der Waals surface area contributed by atoms with E-state index in [0.717, 1.165) is 17.7 Å². The van der Waals surface area contributed by atoms with Crippen molar-refractivity contribution in [3.8, 4) is 0 Å². The number of benzene rings is 2. The molecule has 3 rings (SSSR count). The fraction of sp³-hybridized carbons (Fsp3) is 0.188. The van der Waals surface area contributed by atoms with Gasteiger partial charge in [0.05, 0.1) is 5.75 Å². The van der Waals surface area contributed by atoms with Crippen molar-refractivity contribution in [3.63, 3.8) is 0 Å². The predicted molar refractivity (Wildman–Crippen MR) is 85.2 cm³/mol. The van der Waals surface area contributed by atoms with Crippen molar-refractivity contribution in [3.05, 3.63) is 64.2 Å². The maximum Gasteiger partial charge on any atom is 0.238 e. The topological polar surface area (TPSA) is 20.3 Å². The zero-order valence-electron chi connectivity index (χ0n) is 11.6. The number of carbonyl (C=O) groups excluding carboxylic acids is 1. The van der Waals surface area contributed by atoms with Crippen molar-refractivity contribution in [2.75, 3.05) is 10.7 Å². The molecule has 6 heteroatoms. The molecule has 2 nitrogen and oxygen atoms in total. The van der Waals surface area contributed by atoms with E-state index >= 15 is 0 Å². The monoisotopic (exact) mass is 339 g/mol. The lowest BCUT2D eigenvalue weighted by Crippen LogP contribution is -2.27. The average Bonchev–Trinajstić information content (AvgIpc) is 2.87. The van der Waals surface area contributed by atoms with E-state index in [1.165, 1.54) is 17.8 Å². The van der Waals surface area contributed by atoms with E-state index in [-0.39, 0.29) is 17.0 Å². The van der Waals surface area contributed by atoms with Crippen LogP contribution in [0.5, 0.6) is 0 Å². The summed E-state index contributed by atoms with van der Waals surface area (Å²) in [5, 5.41) is 0.174. The molecule has 0 aliphatic carbocycles. The van der Waals surface area contributed by atoms with Crippen LogP contribution in [0.2, 0.25) is 5.02 Å². The fourth-order valence-electron chi connectivity index (χ4n) is 2.35. The largest absolute Gasteiger partial charge is 0.295 e. The fourth-order valence-corrected chi connectivity index (χ4v) is 3.69. The second-order valence-corrected chi connectivity index (χ2v) is 6.51. The van der Waals surface area contributed by atoms with E-state index in [4.69, 9.17) is 11.6 Å². The minimum absolute atomic E-state index is 0.0837. The third kappa shape index (κ3) is 2.71. The lowest BCUT2D eigenvalue weighted by molar-refractivity contribution is -0.115. The van der Waals surface area contributed by atoms with Crippen LogP contribution < -0.4 is 4.90 Å². The van der Waals surface area contributed by atoms with Gasteiger partial charge in [-0.25, -0.2) is 8.78 Å². The number of hydrogen-bond donors (Lipinski definition) is 0. The van der Waals surface area contributed by atoms with Gasteiger partial charge < -0.3 is 0 Å². The minimum atomic E-state index is -0.917. The van der Waals surface area contributed by atoms with E-state index < -0.39 is 11.6 Å². The summed E-state index contributed by atoms with van der Waals surface area (Å²) in [6.07, 6.45) is 0. The first-order valence-electron chi connectivity index (χ1n) is 6.62. The Morgan fingerprint density at radius 2 is 1.95 bits per heavy atom. The molecule has 1 aliphatic heterocycles. The van der Waals surface area contributed by atoms with Crippen molar-refractivity contribution < 1.29 is 13.6 Å². The first-order valence-corrected chi connectivity index (χ1v) is 8.05. The number of thioether (sulfide) groups is 1. The molecule has 2 aromatic rings. The molecule has 0 unspecified atom stereocenters. The minimum Gasteiger partial charge on any atom is -0.295 e. The first-order chi connectivity index (χ1) is 10.5. The SMILES string of the molecule is Cc1ccc(N2C(=O)CS[C@H]2c2ccc(F)c(F)c2)cc1Cl. The molecule has 1 amide bonds. The van der Waals surface area contributed by atoms with E-state index in [9.17, 15) is 13.6 Å². The quantitative estimate of drug-likeness (QED) is 0.790. The lowest BCUT2D eigenvalue weighted by atomic mass is 10.1. The highest BCUT2D eigenvalue weighted by Gasteiger charge is 2.34.